The zero-order valence-corrected chi connectivity index (χ0v) is 10.2. The van der Waals surface area contributed by atoms with Crippen molar-refractivity contribution in [2.45, 2.75) is 19.9 Å². The first-order valence-electron chi connectivity index (χ1n) is 5.09. The number of nitrogens with one attached hydrogen (secondary N) is 1. The van der Waals surface area contributed by atoms with Crippen LogP contribution in [-0.2, 0) is 6.54 Å². The van der Waals surface area contributed by atoms with Crippen LogP contribution in [0.25, 0.3) is 0 Å². The quantitative estimate of drug-likeness (QED) is 0.727. The van der Waals surface area contributed by atoms with Gasteiger partial charge in [0.1, 0.15) is 0 Å². The van der Waals surface area contributed by atoms with Crippen molar-refractivity contribution in [1.29, 1.82) is 0 Å². The fourth-order valence-electron chi connectivity index (χ4n) is 1.31. The molecule has 0 spiro atoms. The molecule has 1 heterocycles. The largest absolute Gasteiger partial charge is 0.312 e. The van der Waals surface area contributed by atoms with Crippen molar-refractivity contribution in [3.05, 3.63) is 21.9 Å². The van der Waals surface area contributed by atoms with Crippen LogP contribution >= 0.6 is 11.3 Å². The molecule has 1 aromatic heterocycles. The Kier molecular flexibility index (Phi) is 5.15. The summed E-state index contributed by atoms with van der Waals surface area (Å²) in [5, 5.41) is 3.45. The molecule has 0 aliphatic rings. The first-order chi connectivity index (χ1) is 6.68. The third kappa shape index (κ3) is 4.74. The number of hydrogen-bond donors (Lipinski definition) is 1. The standard InChI is InChI=1S/C11H20N2S/c1-10-5-6-11(14-10)9-12-7-4-8-13(2)3/h5-6,12H,4,7-9H2,1-3H3. The molecule has 2 nitrogen and oxygen atoms in total. The highest BCUT2D eigenvalue weighted by molar-refractivity contribution is 7.11. The second kappa shape index (κ2) is 6.17. The Labute approximate surface area is 90.9 Å². The van der Waals surface area contributed by atoms with Gasteiger partial charge in [0.15, 0.2) is 0 Å². The first-order valence-corrected chi connectivity index (χ1v) is 5.91. The lowest BCUT2D eigenvalue weighted by Crippen LogP contribution is -2.20. The first kappa shape index (κ1) is 11.7. The second-order valence-electron chi connectivity index (χ2n) is 3.85. The monoisotopic (exact) mass is 212 g/mol. The van der Waals surface area contributed by atoms with Gasteiger partial charge in [-0.15, -0.1) is 11.3 Å². The van der Waals surface area contributed by atoms with Crippen LogP contribution < -0.4 is 5.32 Å². The van der Waals surface area contributed by atoms with Gasteiger partial charge in [-0.1, -0.05) is 0 Å². The van der Waals surface area contributed by atoms with Gasteiger partial charge in [-0.25, -0.2) is 0 Å². The minimum atomic E-state index is 1.02. The van der Waals surface area contributed by atoms with E-state index in [4.69, 9.17) is 0 Å². The fourth-order valence-corrected chi connectivity index (χ4v) is 2.17. The number of thiophene rings is 1. The van der Waals surface area contributed by atoms with E-state index in [1.54, 1.807) is 0 Å². The molecule has 0 bridgehead atoms. The molecule has 0 fully saturated rings. The highest BCUT2D eigenvalue weighted by atomic mass is 32.1. The van der Waals surface area contributed by atoms with E-state index in [1.807, 2.05) is 11.3 Å². The van der Waals surface area contributed by atoms with Gasteiger partial charge in [0.05, 0.1) is 0 Å². The lowest BCUT2D eigenvalue weighted by Gasteiger charge is -2.09. The van der Waals surface area contributed by atoms with Crippen LogP contribution in [0.2, 0.25) is 0 Å². The molecular weight excluding hydrogens is 192 g/mol. The Hall–Kier alpha value is -0.380. The summed E-state index contributed by atoms with van der Waals surface area (Å²) in [4.78, 5) is 5.05. The average Bonchev–Trinajstić information content (AvgIpc) is 2.50. The average molecular weight is 212 g/mol. The predicted molar refractivity (Wildman–Crippen MR) is 63.9 cm³/mol. The van der Waals surface area contributed by atoms with Gasteiger partial charge in [-0.3, -0.25) is 0 Å². The van der Waals surface area contributed by atoms with Crippen molar-refractivity contribution in [1.82, 2.24) is 10.2 Å². The predicted octanol–water partition coefficient (Wildman–Crippen LogP) is 2.10. The highest BCUT2D eigenvalue weighted by Gasteiger charge is 1.95. The molecule has 0 saturated carbocycles. The van der Waals surface area contributed by atoms with Crippen LogP contribution in [0.3, 0.4) is 0 Å². The molecule has 0 atom stereocenters. The van der Waals surface area contributed by atoms with Gasteiger partial charge in [0.25, 0.3) is 0 Å². The maximum atomic E-state index is 3.45. The lowest BCUT2D eigenvalue weighted by atomic mass is 10.4. The van der Waals surface area contributed by atoms with E-state index < -0.39 is 0 Å². The van der Waals surface area contributed by atoms with E-state index in [1.165, 1.54) is 16.2 Å². The van der Waals surface area contributed by atoms with Crippen LogP contribution in [0, 0.1) is 6.92 Å². The molecule has 3 heteroatoms. The summed E-state index contributed by atoms with van der Waals surface area (Å²) in [6, 6.07) is 4.39. The van der Waals surface area contributed by atoms with E-state index in [9.17, 15) is 0 Å². The Bertz CT molecular complexity index is 256. The number of aryl methyl sites for hydroxylation is 1. The Morgan fingerprint density at radius 1 is 1.36 bits per heavy atom. The molecule has 1 rings (SSSR count). The van der Waals surface area contributed by atoms with Crippen molar-refractivity contribution in [2.75, 3.05) is 27.2 Å². The Balaban J connectivity index is 2.04. The molecule has 1 N–H and O–H groups in total. The van der Waals surface area contributed by atoms with Gasteiger partial charge in [0.2, 0.25) is 0 Å². The number of rotatable bonds is 6. The van der Waals surface area contributed by atoms with Gasteiger partial charge < -0.3 is 10.2 Å². The molecule has 0 unspecified atom stereocenters. The van der Waals surface area contributed by atoms with Crippen molar-refractivity contribution >= 4 is 11.3 Å². The minimum absolute atomic E-state index is 1.02. The van der Waals surface area contributed by atoms with Crippen LogP contribution in [-0.4, -0.2) is 32.1 Å². The van der Waals surface area contributed by atoms with Crippen molar-refractivity contribution in [3.63, 3.8) is 0 Å². The summed E-state index contributed by atoms with van der Waals surface area (Å²) in [6.07, 6.45) is 1.22. The molecule has 0 aliphatic carbocycles. The van der Waals surface area contributed by atoms with Crippen LogP contribution in [0.5, 0.6) is 0 Å². The van der Waals surface area contributed by atoms with Crippen molar-refractivity contribution < 1.29 is 0 Å². The van der Waals surface area contributed by atoms with E-state index in [0.29, 0.717) is 0 Å². The molecule has 0 aliphatic heterocycles. The summed E-state index contributed by atoms with van der Waals surface area (Å²) in [7, 11) is 4.23. The molecule has 14 heavy (non-hydrogen) atoms. The lowest BCUT2D eigenvalue weighted by molar-refractivity contribution is 0.394. The smallest absolute Gasteiger partial charge is 0.0299 e. The van der Waals surface area contributed by atoms with Crippen LogP contribution in [0.1, 0.15) is 16.2 Å². The number of nitrogens with zero attached hydrogens (tertiary/aromatic N) is 1. The summed E-state index contributed by atoms with van der Waals surface area (Å²) < 4.78 is 0. The third-order valence-electron chi connectivity index (χ3n) is 2.05. The minimum Gasteiger partial charge on any atom is -0.312 e. The highest BCUT2D eigenvalue weighted by Crippen LogP contribution is 2.14. The summed E-state index contributed by atoms with van der Waals surface area (Å²) in [5.41, 5.74) is 0. The van der Waals surface area contributed by atoms with E-state index >= 15 is 0 Å². The normalized spacial score (nSPS) is 11.1. The maximum Gasteiger partial charge on any atom is 0.0299 e. The molecule has 0 saturated heterocycles. The van der Waals surface area contributed by atoms with E-state index in [-0.39, 0.29) is 0 Å². The van der Waals surface area contributed by atoms with E-state index in [0.717, 1.165) is 19.6 Å². The fraction of sp³-hybridized carbons (Fsp3) is 0.636. The molecular formula is C11H20N2S. The van der Waals surface area contributed by atoms with Crippen LogP contribution in [0.15, 0.2) is 12.1 Å². The van der Waals surface area contributed by atoms with E-state index in [2.05, 4.69) is 43.4 Å². The van der Waals surface area contributed by atoms with Gasteiger partial charge in [-0.05, 0) is 52.7 Å². The molecule has 0 amide bonds. The van der Waals surface area contributed by atoms with Crippen LogP contribution in [0.4, 0.5) is 0 Å². The summed E-state index contributed by atoms with van der Waals surface area (Å²) in [5.74, 6) is 0. The van der Waals surface area contributed by atoms with Gasteiger partial charge >= 0.3 is 0 Å². The topological polar surface area (TPSA) is 15.3 Å². The maximum absolute atomic E-state index is 3.45. The SMILES string of the molecule is Cc1ccc(CNCCCN(C)C)s1. The second-order valence-corrected chi connectivity index (χ2v) is 5.22. The Morgan fingerprint density at radius 2 is 2.14 bits per heavy atom. The summed E-state index contributed by atoms with van der Waals surface area (Å²) >= 11 is 1.88. The van der Waals surface area contributed by atoms with Crippen molar-refractivity contribution in [3.8, 4) is 0 Å². The molecule has 0 radical (unpaired) electrons. The zero-order chi connectivity index (χ0) is 10.4. The van der Waals surface area contributed by atoms with Crippen molar-refractivity contribution in [2.24, 2.45) is 0 Å². The third-order valence-corrected chi connectivity index (χ3v) is 3.05. The molecule has 80 valence electrons. The summed E-state index contributed by atoms with van der Waals surface area (Å²) in [6.45, 7) is 5.44. The molecule has 1 aromatic rings. The molecule has 0 aromatic carbocycles. The zero-order valence-electron chi connectivity index (χ0n) is 9.34. The Morgan fingerprint density at radius 3 is 2.71 bits per heavy atom. The van der Waals surface area contributed by atoms with Gasteiger partial charge in [-0.2, -0.15) is 0 Å². The number of hydrogen-bond acceptors (Lipinski definition) is 3. The van der Waals surface area contributed by atoms with Gasteiger partial charge in [0, 0.05) is 16.3 Å².